The lowest BCUT2D eigenvalue weighted by Crippen LogP contribution is -2.34. The Kier molecular flexibility index (Phi) is 4.16. The number of carbonyl (C=O) groups is 1. The third kappa shape index (κ3) is 3.12. The highest BCUT2D eigenvalue weighted by atomic mass is 35.5. The van der Waals surface area contributed by atoms with Crippen molar-refractivity contribution in [2.24, 2.45) is 0 Å². The Morgan fingerprint density at radius 3 is 2.96 bits per heavy atom. The number of halogens is 1. The van der Waals surface area contributed by atoms with Gasteiger partial charge in [0.1, 0.15) is 0 Å². The number of ether oxygens (including phenoxy) is 2. The number of hydrogen-bond acceptors (Lipinski definition) is 4. The maximum absolute atomic E-state index is 12.3. The summed E-state index contributed by atoms with van der Waals surface area (Å²) in [4.78, 5) is 13.5. The summed E-state index contributed by atoms with van der Waals surface area (Å²) in [6, 6.07) is 10.8. The van der Waals surface area contributed by atoms with E-state index in [-0.39, 0.29) is 18.9 Å². The molecule has 4 rings (SSSR count). The van der Waals surface area contributed by atoms with Gasteiger partial charge in [-0.1, -0.05) is 11.6 Å². The molecule has 0 saturated heterocycles. The molecule has 1 unspecified atom stereocenters. The lowest BCUT2D eigenvalue weighted by molar-refractivity contribution is 0.174. The highest BCUT2D eigenvalue weighted by Crippen LogP contribution is 2.38. The molecule has 2 aromatic carbocycles. The molecule has 2 aliphatic rings. The van der Waals surface area contributed by atoms with E-state index in [1.807, 2.05) is 18.2 Å². The number of carbonyl (C=O) groups excluding carboxylic acids is 1. The molecule has 2 aliphatic heterocycles. The second-order valence-electron chi connectivity index (χ2n) is 5.54. The van der Waals surface area contributed by atoms with E-state index in [0.29, 0.717) is 22.2 Å². The first-order chi connectivity index (χ1) is 11.7. The third-order valence-corrected chi connectivity index (χ3v) is 5.30. The average Bonchev–Trinajstić information content (AvgIpc) is 3.03. The monoisotopic (exact) mass is 362 g/mol. The van der Waals surface area contributed by atoms with Crippen LogP contribution in [0.3, 0.4) is 0 Å². The van der Waals surface area contributed by atoms with Crippen molar-refractivity contribution in [3.63, 3.8) is 0 Å². The van der Waals surface area contributed by atoms with Crippen LogP contribution in [0.15, 0.2) is 41.3 Å². The molecular weight excluding hydrogens is 348 g/mol. The highest BCUT2D eigenvalue weighted by Gasteiger charge is 2.23. The van der Waals surface area contributed by atoms with Gasteiger partial charge in [-0.15, -0.1) is 11.8 Å². The molecule has 0 spiro atoms. The van der Waals surface area contributed by atoms with Gasteiger partial charge in [-0.2, -0.15) is 0 Å². The summed E-state index contributed by atoms with van der Waals surface area (Å²) in [5.74, 6) is 2.29. The molecular formula is C17H15ClN2O3S. The first kappa shape index (κ1) is 15.5. The van der Waals surface area contributed by atoms with Crippen LogP contribution in [0.1, 0.15) is 18.0 Å². The van der Waals surface area contributed by atoms with Crippen LogP contribution in [0.5, 0.6) is 11.5 Å². The van der Waals surface area contributed by atoms with Crippen LogP contribution in [0, 0.1) is 0 Å². The molecule has 7 heteroatoms. The van der Waals surface area contributed by atoms with Crippen LogP contribution < -0.4 is 20.1 Å². The first-order valence-electron chi connectivity index (χ1n) is 7.58. The summed E-state index contributed by atoms with van der Waals surface area (Å²) >= 11 is 7.88. The Morgan fingerprint density at radius 2 is 2.04 bits per heavy atom. The summed E-state index contributed by atoms with van der Waals surface area (Å²) in [5.41, 5.74) is 1.73. The number of rotatable bonds is 2. The Morgan fingerprint density at radius 1 is 1.17 bits per heavy atom. The van der Waals surface area contributed by atoms with Crippen molar-refractivity contribution in [2.75, 3.05) is 17.9 Å². The Hall–Kier alpha value is -2.05. The minimum Gasteiger partial charge on any atom is -0.454 e. The maximum Gasteiger partial charge on any atom is 0.319 e. The van der Waals surface area contributed by atoms with Crippen LogP contribution in [-0.2, 0) is 0 Å². The summed E-state index contributed by atoms with van der Waals surface area (Å²) in [7, 11) is 0. The van der Waals surface area contributed by atoms with Gasteiger partial charge in [0.2, 0.25) is 6.79 Å². The van der Waals surface area contributed by atoms with Crippen molar-refractivity contribution in [3.8, 4) is 11.5 Å². The number of benzene rings is 2. The van der Waals surface area contributed by atoms with E-state index in [9.17, 15) is 4.79 Å². The molecule has 0 aliphatic carbocycles. The van der Waals surface area contributed by atoms with Gasteiger partial charge in [0.15, 0.2) is 11.5 Å². The van der Waals surface area contributed by atoms with Crippen LogP contribution in [-0.4, -0.2) is 18.6 Å². The van der Waals surface area contributed by atoms with Crippen LogP contribution in [0.25, 0.3) is 0 Å². The van der Waals surface area contributed by atoms with Crippen molar-refractivity contribution in [1.29, 1.82) is 0 Å². The zero-order valence-electron chi connectivity index (χ0n) is 12.7. The van der Waals surface area contributed by atoms with Gasteiger partial charge in [0, 0.05) is 27.4 Å². The van der Waals surface area contributed by atoms with Gasteiger partial charge in [-0.05, 0) is 42.3 Å². The number of urea groups is 1. The predicted octanol–water partition coefficient (Wildman–Crippen LogP) is 4.43. The van der Waals surface area contributed by atoms with E-state index >= 15 is 0 Å². The van der Waals surface area contributed by atoms with Crippen molar-refractivity contribution in [3.05, 3.63) is 47.0 Å². The molecule has 5 nitrogen and oxygen atoms in total. The molecule has 2 N–H and O–H groups in total. The Balaban J connectivity index is 1.46. The minimum atomic E-state index is -0.253. The molecule has 0 bridgehead atoms. The van der Waals surface area contributed by atoms with E-state index in [1.54, 1.807) is 30.0 Å². The topological polar surface area (TPSA) is 59.6 Å². The number of nitrogens with one attached hydrogen (secondary N) is 2. The predicted molar refractivity (Wildman–Crippen MR) is 94.3 cm³/mol. The molecule has 0 saturated carbocycles. The minimum absolute atomic E-state index is 0.0473. The summed E-state index contributed by atoms with van der Waals surface area (Å²) in [5, 5.41) is 6.54. The van der Waals surface area contributed by atoms with E-state index in [0.717, 1.165) is 17.7 Å². The van der Waals surface area contributed by atoms with Gasteiger partial charge >= 0.3 is 6.03 Å². The van der Waals surface area contributed by atoms with E-state index < -0.39 is 0 Å². The number of amides is 2. The van der Waals surface area contributed by atoms with Crippen molar-refractivity contribution in [1.82, 2.24) is 5.32 Å². The number of hydrogen-bond donors (Lipinski definition) is 2. The molecule has 124 valence electrons. The van der Waals surface area contributed by atoms with Gasteiger partial charge < -0.3 is 20.1 Å². The second-order valence-corrected chi connectivity index (χ2v) is 7.11. The molecule has 2 heterocycles. The summed E-state index contributed by atoms with van der Waals surface area (Å²) < 4.78 is 10.6. The molecule has 0 radical (unpaired) electrons. The third-order valence-electron chi connectivity index (χ3n) is 3.95. The SMILES string of the molecule is O=C(Nc1ccc2c(c1)OCO2)NC1CCSc2ccc(Cl)cc21. The standard InChI is InChI=1S/C17H15ClN2O3S/c18-10-1-4-16-12(7-10)13(5-6-24-16)20-17(21)19-11-2-3-14-15(8-11)23-9-22-14/h1-4,7-8,13H,5-6,9H2,(H2,19,20,21). The van der Waals surface area contributed by atoms with E-state index in [4.69, 9.17) is 21.1 Å². The fraction of sp³-hybridized carbons (Fsp3) is 0.235. The van der Waals surface area contributed by atoms with Crippen LogP contribution in [0.2, 0.25) is 5.02 Å². The maximum atomic E-state index is 12.3. The zero-order chi connectivity index (χ0) is 16.5. The smallest absolute Gasteiger partial charge is 0.319 e. The fourth-order valence-electron chi connectivity index (χ4n) is 2.81. The lowest BCUT2D eigenvalue weighted by Gasteiger charge is -2.26. The second kappa shape index (κ2) is 6.45. The van der Waals surface area contributed by atoms with Crippen LogP contribution in [0.4, 0.5) is 10.5 Å². The summed E-state index contributed by atoms with van der Waals surface area (Å²) in [6.07, 6.45) is 0.868. The van der Waals surface area contributed by atoms with Crippen molar-refractivity contribution < 1.29 is 14.3 Å². The molecule has 2 amide bonds. The number of fused-ring (bicyclic) bond motifs is 2. The van der Waals surface area contributed by atoms with E-state index in [2.05, 4.69) is 10.6 Å². The van der Waals surface area contributed by atoms with Gasteiger partial charge in [-0.25, -0.2) is 4.79 Å². The Labute approximate surface area is 148 Å². The van der Waals surface area contributed by atoms with Gasteiger partial charge in [0.25, 0.3) is 0 Å². The van der Waals surface area contributed by atoms with Gasteiger partial charge in [-0.3, -0.25) is 0 Å². The van der Waals surface area contributed by atoms with Crippen molar-refractivity contribution in [2.45, 2.75) is 17.4 Å². The van der Waals surface area contributed by atoms with E-state index in [1.165, 1.54) is 4.90 Å². The van der Waals surface area contributed by atoms with Crippen LogP contribution >= 0.6 is 23.4 Å². The normalized spacial score (nSPS) is 18.0. The largest absolute Gasteiger partial charge is 0.454 e. The zero-order valence-corrected chi connectivity index (χ0v) is 14.2. The summed E-state index contributed by atoms with van der Waals surface area (Å²) in [6.45, 7) is 0.211. The first-order valence-corrected chi connectivity index (χ1v) is 8.95. The lowest BCUT2D eigenvalue weighted by atomic mass is 10.0. The molecule has 24 heavy (non-hydrogen) atoms. The molecule has 1 atom stereocenters. The molecule has 0 fully saturated rings. The Bertz CT molecular complexity index is 799. The fourth-order valence-corrected chi connectivity index (χ4v) is 4.10. The average molecular weight is 363 g/mol. The number of anilines is 1. The van der Waals surface area contributed by atoms with Gasteiger partial charge in [0.05, 0.1) is 6.04 Å². The molecule has 0 aromatic heterocycles. The highest BCUT2D eigenvalue weighted by molar-refractivity contribution is 7.99. The quantitative estimate of drug-likeness (QED) is 0.829. The molecule has 2 aromatic rings. The van der Waals surface area contributed by atoms with Crippen molar-refractivity contribution >= 4 is 35.1 Å². The number of thioether (sulfide) groups is 1.